The highest BCUT2D eigenvalue weighted by molar-refractivity contribution is 5.77. The normalized spacial score (nSPS) is 11.8. The SMILES string of the molecule is CCC(CC(=O)O)NC(=O)CCn1cnc([N+](=O)[O-])c1. The standard InChI is InChI=1S/C11H16N4O5/c1-2-8(5-11(17)18)13-10(16)3-4-14-6-9(12-7-14)15(19)20/h6-8H,2-5H2,1H3,(H,13,16)(H,17,18). The van der Waals surface area contributed by atoms with E-state index in [1.165, 1.54) is 17.1 Å². The van der Waals surface area contributed by atoms with Crippen molar-refractivity contribution < 1.29 is 19.6 Å². The molecular weight excluding hydrogens is 268 g/mol. The van der Waals surface area contributed by atoms with Crippen LogP contribution in [0.4, 0.5) is 5.82 Å². The zero-order valence-electron chi connectivity index (χ0n) is 11.0. The van der Waals surface area contributed by atoms with Gasteiger partial charge in [-0.25, -0.2) is 0 Å². The van der Waals surface area contributed by atoms with Gasteiger partial charge in [-0.2, -0.15) is 0 Å². The number of hydrogen-bond donors (Lipinski definition) is 2. The quantitative estimate of drug-likeness (QED) is 0.530. The number of imidazole rings is 1. The minimum Gasteiger partial charge on any atom is -0.481 e. The van der Waals surface area contributed by atoms with Crippen LogP contribution in [-0.2, 0) is 16.1 Å². The van der Waals surface area contributed by atoms with Crippen LogP contribution in [-0.4, -0.2) is 37.5 Å². The van der Waals surface area contributed by atoms with Gasteiger partial charge < -0.3 is 25.1 Å². The van der Waals surface area contributed by atoms with Gasteiger partial charge in [-0.05, 0) is 16.3 Å². The van der Waals surface area contributed by atoms with E-state index in [4.69, 9.17) is 5.11 Å². The molecule has 9 nitrogen and oxygen atoms in total. The van der Waals surface area contributed by atoms with Gasteiger partial charge in [0.1, 0.15) is 6.20 Å². The zero-order chi connectivity index (χ0) is 15.1. The molecule has 0 saturated heterocycles. The van der Waals surface area contributed by atoms with Gasteiger partial charge in [0.25, 0.3) is 0 Å². The molecule has 0 aliphatic heterocycles. The van der Waals surface area contributed by atoms with Gasteiger partial charge in [0.2, 0.25) is 12.2 Å². The molecule has 0 aromatic carbocycles. The Bertz CT molecular complexity index is 499. The first-order valence-electron chi connectivity index (χ1n) is 6.09. The molecule has 0 radical (unpaired) electrons. The molecule has 1 aromatic heterocycles. The van der Waals surface area contributed by atoms with Gasteiger partial charge in [-0.15, -0.1) is 0 Å². The molecule has 110 valence electrons. The Labute approximate surface area is 114 Å². The number of amides is 1. The lowest BCUT2D eigenvalue weighted by atomic mass is 10.1. The summed E-state index contributed by atoms with van der Waals surface area (Å²) in [7, 11) is 0. The molecule has 0 aliphatic carbocycles. The molecular formula is C11H16N4O5. The van der Waals surface area contributed by atoms with E-state index in [1.807, 2.05) is 0 Å². The smallest absolute Gasteiger partial charge is 0.381 e. The number of aliphatic carboxylic acids is 1. The molecule has 1 aromatic rings. The molecule has 1 amide bonds. The molecule has 20 heavy (non-hydrogen) atoms. The van der Waals surface area contributed by atoms with Crippen LogP contribution in [0.25, 0.3) is 0 Å². The maximum absolute atomic E-state index is 11.6. The average molecular weight is 284 g/mol. The molecule has 0 aliphatic rings. The molecule has 0 bridgehead atoms. The summed E-state index contributed by atoms with van der Waals surface area (Å²) < 4.78 is 1.44. The van der Waals surface area contributed by atoms with E-state index in [9.17, 15) is 19.7 Å². The van der Waals surface area contributed by atoms with Gasteiger partial charge in [0.05, 0.1) is 6.42 Å². The van der Waals surface area contributed by atoms with Crippen molar-refractivity contribution in [1.29, 1.82) is 0 Å². The third-order valence-electron chi connectivity index (χ3n) is 2.68. The molecule has 0 fully saturated rings. The lowest BCUT2D eigenvalue weighted by molar-refractivity contribution is -0.389. The van der Waals surface area contributed by atoms with E-state index in [2.05, 4.69) is 10.3 Å². The zero-order valence-corrected chi connectivity index (χ0v) is 11.0. The maximum atomic E-state index is 11.6. The van der Waals surface area contributed by atoms with Crippen LogP contribution in [0, 0.1) is 10.1 Å². The van der Waals surface area contributed by atoms with Gasteiger partial charge in [0.15, 0.2) is 0 Å². The number of aryl methyl sites for hydroxylation is 1. The summed E-state index contributed by atoms with van der Waals surface area (Å²) in [6, 6.07) is -0.405. The Morgan fingerprint density at radius 2 is 2.30 bits per heavy atom. The highest BCUT2D eigenvalue weighted by Gasteiger charge is 2.15. The van der Waals surface area contributed by atoms with E-state index >= 15 is 0 Å². The predicted molar refractivity (Wildman–Crippen MR) is 68.0 cm³/mol. The molecule has 0 saturated carbocycles. The number of nitro groups is 1. The fourth-order valence-corrected chi connectivity index (χ4v) is 1.60. The second-order valence-corrected chi connectivity index (χ2v) is 4.25. The van der Waals surface area contributed by atoms with Crippen LogP contribution < -0.4 is 5.32 Å². The number of carboxylic acid groups (broad SMARTS) is 1. The third-order valence-corrected chi connectivity index (χ3v) is 2.68. The number of carbonyl (C=O) groups is 2. The summed E-state index contributed by atoms with van der Waals surface area (Å²) in [5.74, 6) is -1.54. The highest BCUT2D eigenvalue weighted by atomic mass is 16.6. The Hall–Kier alpha value is -2.45. The second kappa shape index (κ2) is 7.22. The fraction of sp³-hybridized carbons (Fsp3) is 0.545. The summed E-state index contributed by atoms with van der Waals surface area (Å²) in [6.07, 6.45) is 3.01. The lowest BCUT2D eigenvalue weighted by Crippen LogP contribution is -2.36. The van der Waals surface area contributed by atoms with Gasteiger partial charge in [0, 0.05) is 19.0 Å². The fourth-order valence-electron chi connectivity index (χ4n) is 1.60. The number of hydrogen-bond acceptors (Lipinski definition) is 5. The summed E-state index contributed by atoms with van der Waals surface area (Å²) in [5.41, 5.74) is 0. The monoisotopic (exact) mass is 284 g/mol. The van der Waals surface area contributed by atoms with Crippen LogP contribution in [0.2, 0.25) is 0 Å². The molecule has 1 unspecified atom stereocenters. The molecule has 0 spiro atoms. The third kappa shape index (κ3) is 5.04. The molecule has 2 N–H and O–H groups in total. The molecule has 1 atom stereocenters. The first-order valence-corrected chi connectivity index (χ1v) is 6.09. The minimum atomic E-state index is -0.970. The summed E-state index contributed by atoms with van der Waals surface area (Å²) in [6.45, 7) is 2.03. The van der Waals surface area contributed by atoms with E-state index in [0.717, 1.165) is 0 Å². The Morgan fingerprint density at radius 1 is 1.60 bits per heavy atom. The van der Waals surface area contributed by atoms with Crippen LogP contribution in [0.3, 0.4) is 0 Å². The number of carbonyl (C=O) groups excluding carboxylic acids is 1. The lowest BCUT2D eigenvalue weighted by Gasteiger charge is -2.14. The highest BCUT2D eigenvalue weighted by Crippen LogP contribution is 2.06. The van der Waals surface area contributed by atoms with Crippen molar-refractivity contribution in [2.45, 2.75) is 38.8 Å². The van der Waals surface area contributed by atoms with Crippen molar-refractivity contribution in [2.75, 3.05) is 0 Å². The Morgan fingerprint density at radius 3 is 2.80 bits per heavy atom. The number of rotatable bonds is 8. The van der Waals surface area contributed by atoms with E-state index in [1.54, 1.807) is 6.92 Å². The second-order valence-electron chi connectivity index (χ2n) is 4.25. The number of aromatic nitrogens is 2. The van der Waals surface area contributed by atoms with Crippen molar-refractivity contribution in [3.63, 3.8) is 0 Å². The number of nitrogens with zero attached hydrogens (tertiary/aromatic N) is 3. The van der Waals surface area contributed by atoms with Crippen molar-refractivity contribution in [3.05, 3.63) is 22.6 Å². The largest absolute Gasteiger partial charge is 0.481 e. The number of nitrogens with one attached hydrogen (secondary N) is 1. The summed E-state index contributed by atoms with van der Waals surface area (Å²) >= 11 is 0. The minimum absolute atomic E-state index is 0.101. The van der Waals surface area contributed by atoms with Gasteiger partial charge in [-0.1, -0.05) is 6.92 Å². The Balaban J connectivity index is 2.41. The van der Waals surface area contributed by atoms with E-state index < -0.39 is 16.9 Å². The Kier molecular flexibility index (Phi) is 5.63. The van der Waals surface area contributed by atoms with Crippen molar-refractivity contribution >= 4 is 17.7 Å². The molecule has 1 rings (SSSR count). The van der Waals surface area contributed by atoms with E-state index in [-0.39, 0.29) is 31.1 Å². The molecule has 1 heterocycles. The first kappa shape index (κ1) is 15.6. The average Bonchev–Trinajstić information content (AvgIpc) is 2.84. The van der Waals surface area contributed by atoms with Gasteiger partial charge >= 0.3 is 11.8 Å². The topological polar surface area (TPSA) is 127 Å². The van der Waals surface area contributed by atoms with Crippen LogP contribution in [0.15, 0.2) is 12.5 Å². The van der Waals surface area contributed by atoms with Crippen LogP contribution >= 0.6 is 0 Å². The number of carboxylic acids is 1. The van der Waals surface area contributed by atoms with Crippen molar-refractivity contribution in [1.82, 2.24) is 14.9 Å². The maximum Gasteiger partial charge on any atom is 0.381 e. The van der Waals surface area contributed by atoms with E-state index in [0.29, 0.717) is 6.42 Å². The van der Waals surface area contributed by atoms with Crippen LogP contribution in [0.1, 0.15) is 26.2 Å². The van der Waals surface area contributed by atoms with Crippen molar-refractivity contribution in [2.24, 2.45) is 0 Å². The predicted octanol–water partition coefficient (Wildman–Crippen LogP) is 0.551. The van der Waals surface area contributed by atoms with Crippen LogP contribution in [0.5, 0.6) is 0 Å². The first-order chi connectivity index (χ1) is 9.42. The molecule has 9 heteroatoms. The summed E-state index contributed by atoms with van der Waals surface area (Å²) in [4.78, 5) is 35.6. The van der Waals surface area contributed by atoms with Crippen molar-refractivity contribution in [3.8, 4) is 0 Å². The summed E-state index contributed by atoms with van der Waals surface area (Å²) in [5, 5.41) is 21.7. The van der Waals surface area contributed by atoms with Gasteiger partial charge in [-0.3, -0.25) is 9.59 Å².